The maximum absolute atomic E-state index is 13.6. The van der Waals surface area contributed by atoms with Gasteiger partial charge in [0.2, 0.25) is 5.91 Å². The molecule has 0 bridgehead atoms. The second-order valence-corrected chi connectivity index (χ2v) is 8.52. The van der Waals surface area contributed by atoms with Gasteiger partial charge in [-0.2, -0.15) is 0 Å². The number of nitrogens with one attached hydrogen (secondary N) is 1. The van der Waals surface area contributed by atoms with Crippen molar-refractivity contribution in [2.24, 2.45) is 0 Å². The van der Waals surface area contributed by atoms with Crippen molar-refractivity contribution < 1.29 is 14.1 Å². The van der Waals surface area contributed by atoms with Crippen molar-refractivity contribution in [3.05, 3.63) is 98.1 Å². The molecule has 0 saturated carbocycles. The number of para-hydroxylation sites is 1. The smallest absolute Gasteiger partial charge is 0.292 e. The summed E-state index contributed by atoms with van der Waals surface area (Å²) in [7, 11) is 0. The van der Waals surface area contributed by atoms with Crippen LogP contribution in [-0.4, -0.2) is 26.1 Å². The van der Waals surface area contributed by atoms with Gasteiger partial charge in [-0.15, -0.1) is 0 Å². The number of fused-ring (bicyclic) bond motifs is 1. The second-order valence-electron chi connectivity index (χ2n) is 7.58. The van der Waals surface area contributed by atoms with Gasteiger partial charge in [0, 0.05) is 12.1 Å². The van der Waals surface area contributed by atoms with Gasteiger partial charge in [0.25, 0.3) is 11.2 Å². The van der Waals surface area contributed by atoms with Gasteiger partial charge in [-0.05, 0) is 55.3 Å². The lowest BCUT2D eigenvalue weighted by molar-refractivity contribution is -0.384. The minimum Gasteiger partial charge on any atom is -0.320 e. The largest absolute Gasteiger partial charge is 0.320 e. The summed E-state index contributed by atoms with van der Waals surface area (Å²) in [5.41, 5.74) is 2.20. The Morgan fingerprint density at radius 2 is 1.88 bits per heavy atom. The lowest BCUT2D eigenvalue weighted by Crippen LogP contribution is -2.23. The van der Waals surface area contributed by atoms with Crippen molar-refractivity contribution in [2.45, 2.75) is 19.0 Å². The quantitative estimate of drug-likeness (QED) is 0.185. The van der Waals surface area contributed by atoms with Crippen LogP contribution in [0.15, 0.2) is 70.6 Å². The third-order valence-electron chi connectivity index (χ3n) is 5.26. The van der Waals surface area contributed by atoms with Crippen LogP contribution in [-0.2, 0) is 4.79 Å². The molecule has 8 nitrogen and oxygen atoms in total. The molecule has 1 heterocycles. The monoisotopic (exact) mass is 478 g/mol. The molecule has 34 heavy (non-hydrogen) atoms. The number of anilines is 1. The Morgan fingerprint density at radius 3 is 2.62 bits per heavy atom. The number of amides is 1. The number of carbonyl (C=O) groups is 1. The van der Waals surface area contributed by atoms with Crippen molar-refractivity contribution in [1.82, 2.24) is 9.55 Å². The summed E-state index contributed by atoms with van der Waals surface area (Å²) in [5.74, 6) is -1.52. The second kappa shape index (κ2) is 9.44. The van der Waals surface area contributed by atoms with Crippen LogP contribution in [0.3, 0.4) is 0 Å². The number of carbonyl (C=O) groups excluding carboxylic acids is 1. The first-order valence-electron chi connectivity index (χ1n) is 10.2. The number of nitrogens with zero attached hydrogens (tertiary/aromatic N) is 3. The summed E-state index contributed by atoms with van der Waals surface area (Å²) >= 11 is 1.00. The van der Waals surface area contributed by atoms with E-state index in [9.17, 15) is 24.1 Å². The average Bonchev–Trinajstić information content (AvgIpc) is 2.79. The van der Waals surface area contributed by atoms with E-state index in [2.05, 4.69) is 10.3 Å². The summed E-state index contributed by atoms with van der Waals surface area (Å²) in [5, 5.41) is 14.3. The number of hydrogen-bond donors (Lipinski definition) is 1. The Hall–Kier alpha value is -4.05. The Kier molecular flexibility index (Phi) is 6.42. The summed E-state index contributed by atoms with van der Waals surface area (Å²) in [6, 6.07) is 15.3. The van der Waals surface area contributed by atoms with Gasteiger partial charge >= 0.3 is 0 Å². The minimum atomic E-state index is -0.715. The van der Waals surface area contributed by atoms with Crippen LogP contribution in [0.4, 0.5) is 15.8 Å². The van der Waals surface area contributed by atoms with Crippen LogP contribution in [0.25, 0.3) is 16.6 Å². The first-order valence-corrected chi connectivity index (χ1v) is 11.2. The van der Waals surface area contributed by atoms with Gasteiger partial charge in [0.15, 0.2) is 5.16 Å². The summed E-state index contributed by atoms with van der Waals surface area (Å²) in [6.07, 6.45) is 0. The number of rotatable bonds is 6. The van der Waals surface area contributed by atoms with Gasteiger partial charge in [0.05, 0.1) is 27.3 Å². The van der Waals surface area contributed by atoms with Gasteiger partial charge in [-0.3, -0.25) is 24.3 Å². The molecule has 0 fully saturated rings. The zero-order chi connectivity index (χ0) is 24.4. The lowest BCUT2D eigenvalue weighted by Gasteiger charge is -2.14. The van der Waals surface area contributed by atoms with E-state index in [4.69, 9.17) is 0 Å². The first kappa shape index (κ1) is 23.1. The van der Waals surface area contributed by atoms with Crippen molar-refractivity contribution in [2.75, 3.05) is 11.1 Å². The van der Waals surface area contributed by atoms with Crippen LogP contribution in [0.2, 0.25) is 0 Å². The van der Waals surface area contributed by atoms with Gasteiger partial charge in [-0.25, -0.2) is 9.37 Å². The number of aromatic nitrogens is 2. The van der Waals surface area contributed by atoms with Crippen LogP contribution in [0.5, 0.6) is 0 Å². The molecule has 1 aromatic heterocycles. The summed E-state index contributed by atoms with van der Waals surface area (Å²) in [6.45, 7) is 3.90. The third kappa shape index (κ3) is 4.67. The Bertz CT molecular complexity index is 1500. The van der Waals surface area contributed by atoms with E-state index >= 15 is 0 Å². The fraction of sp³-hybridized carbons (Fsp3) is 0.125. The molecule has 0 unspecified atom stereocenters. The number of benzene rings is 3. The highest BCUT2D eigenvalue weighted by atomic mass is 32.2. The maximum Gasteiger partial charge on any atom is 0.292 e. The molecule has 0 spiro atoms. The van der Waals surface area contributed by atoms with E-state index in [-0.39, 0.29) is 22.2 Å². The number of nitro groups is 1. The van der Waals surface area contributed by atoms with E-state index in [1.165, 1.54) is 4.57 Å². The van der Waals surface area contributed by atoms with E-state index in [1.54, 1.807) is 30.3 Å². The minimum absolute atomic E-state index is 0.205. The number of nitro benzene ring substituents is 1. The molecule has 0 radical (unpaired) electrons. The first-order chi connectivity index (χ1) is 16.2. The van der Waals surface area contributed by atoms with Crippen LogP contribution in [0.1, 0.15) is 11.1 Å². The molecular weight excluding hydrogens is 459 g/mol. The molecule has 1 N–H and O–H groups in total. The number of hydrogen-bond acceptors (Lipinski definition) is 6. The predicted octanol–water partition coefficient (Wildman–Crippen LogP) is 4.78. The third-order valence-corrected chi connectivity index (χ3v) is 6.19. The van der Waals surface area contributed by atoms with E-state index in [0.29, 0.717) is 16.6 Å². The fourth-order valence-corrected chi connectivity index (χ4v) is 4.20. The zero-order valence-electron chi connectivity index (χ0n) is 18.2. The highest BCUT2D eigenvalue weighted by Crippen LogP contribution is 2.26. The predicted molar refractivity (Wildman–Crippen MR) is 129 cm³/mol. The molecule has 3 aromatic carbocycles. The molecular formula is C24H19FN4O4S. The molecule has 172 valence electrons. The normalized spacial score (nSPS) is 10.9. The van der Waals surface area contributed by atoms with E-state index < -0.39 is 22.3 Å². The molecule has 10 heteroatoms. The molecule has 0 atom stereocenters. The molecule has 4 rings (SSSR count). The highest BCUT2D eigenvalue weighted by Gasteiger charge is 2.19. The topological polar surface area (TPSA) is 107 Å². The van der Waals surface area contributed by atoms with Crippen molar-refractivity contribution >= 4 is 39.9 Å². The number of thioether (sulfide) groups is 1. The molecule has 0 aliphatic rings. The Balaban J connectivity index is 1.69. The Morgan fingerprint density at radius 1 is 1.12 bits per heavy atom. The Labute approximate surface area is 197 Å². The van der Waals surface area contributed by atoms with E-state index in [1.807, 2.05) is 26.0 Å². The lowest BCUT2D eigenvalue weighted by atomic mass is 10.1. The maximum atomic E-state index is 13.6. The molecule has 0 aliphatic carbocycles. The molecule has 1 amide bonds. The average molecular weight is 479 g/mol. The highest BCUT2D eigenvalue weighted by molar-refractivity contribution is 7.99. The van der Waals surface area contributed by atoms with Crippen molar-refractivity contribution in [1.29, 1.82) is 0 Å². The number of aryl methyl sites for hydroxylation is 2. The standard InChI is InChI=1S/C24H19FN4O4S/c1-14-7-9-17(11-15(14)2)28-23(31)18-5-3-4-6-19(18)27-24(28)34-13-22(30)26-20-12-16(25)8-10-21(20)29(32)33/h3-12H,13H2,1-2H3,(H,26,30). The SMILES string of the molecule is Cc1ccc(-n2c(SCC(=O)Nc3cc(F)ccc3[N+](=O)[O-])nc3ccccc3c2=O)cc1C. The van der Waals surface area contributed by atoms with Gasteiger partial charge in [-0.1, -0.05) is 30.0 Å². The van der Waals surface area contributed by atoms with Crippen LogP contribution < -0.4 is 10.9 Å². The van der Waals surface area contributed by atoms with Crippen LogP contribution >= 0.6 is 11.8 Å². The van der Waals surface area contributed by atoms with E-state index in [0.717, 1.165) is 41.1 Å². The summed E-state index contributed by atoms with van der Waals surface area (Å²) in [4.78, 5) is 41.0. The molecule has 0 aliphatic heterocycles. The van der Waals surface area contributed by atoms with Gasteiger partial charge < -0.3 is 5.32 Å². The fourth-order valence-electron chi connectivity index (χ4n) is 3.39. The van der Waals surface area contributed by atoms with Crippen LogP contribution in [0, 0.1) is 29.8 Å². The molecule has 4 aromatic rings. The molecule has 0 saturated heterocycles. The zero-order valence-corrected chi connectivity index (χ0v) is 19.1. The van der Waals surface area contributed by atoms with Crippen molar-refractivity contribution in [3.63, 3.8) is 0 Å². The van der Waals surface area contributed by atoms with Gasteiger partial charge in [0.1, 0.15) is 11.5 Å². The van der Waals surface area contributed by atoms with Crippen molar-refractivity contribution in [3.8, 4) is 5.69 Å². The summed E-state index contributed by atoms with van der Waals surface area (Å²) < 4.78 is 15.0. The number of halogens is 1.